The summed E-state index contributed by atoms with van der Waals surface area (Å²) in [6, 6.07) is -0.627. The molecule has 0 rings (SSSR count). The van der Waals surface area contributed by atoms with Crippen LogP contribution in [-0.2, 0) is 19.1 Å². The summed E-state index contributed by atoms with van der Waals surface area (Å²) < 4.78 is 10.6. The van der Waals surface area contributed by atoms with Crippen molar-refractivity contribution in [2.24, 2.45) is 5.92 Å². The molecule has 0 heterocycles. The molecule has 1 atom stereocenters. The Kier molecular flexibility index (Phi) is 7.79. The Hall–Kier alpha value is -1.10. The average molecular weight is 287 g/mol. The molecule has 0 aliphatic carbocycles. The Labute approximate surface area is 122 Å². The van der Waals surface area contributed by atoms with E-state index in [2.05, 4.69) is 5.32 Å². The van der Waals surface area contributed by atoms with Gasteiger partial charge in [-0.25, -0.2) is 4.79 Å². The molecular weight excluding hydrogens is 258 g/mol. The van der Waals surface area contributed by atoms with Gasteiger partial charge in [-0.1, -0.05) is 13.8 Å². The summed E-state index contributed by atoms with van der Waals surface area (Å²) in [5.74, 6) is -0.418. The number of nitrogens with one attached hydrogen (secondary N) is 1. The lowest BCUT2D eigenvalue weighted by atomic mass is 10.0. The minimum atomic E-state index is -0.627. The number of carbonyl (C=O) groups is 2. The molecule has 1 N–H and O–H groups in total. The molecule has 0 saturated carbocycles. The van der Waals surface area contributed by atoms with Crippen LogP contribution >= 0.6 is 0 Å². The van der Waals surface area contributed by atoms with Crippen molar-refractivity contribution in [2.75, 3.05) is 6.61 Å². The average Bonchev–Trinajstić information content (AvgIpc) is 2.22. The maximum atomic E-state index is 12.1. The van der Waals surface area contributed by atoms with Crippen molar-refractivity contribution in [1.29, 1.82) is 0 Å². The molecule has 0 aromatic rings. The fourth-order valence-corrected chi connectivity index (χ4v) is 1.54. The van der Waals surface area contributed by atoms with Crippen LogP contribution in [0.4, 0.5) is 0 Å². The van der Waals surface area contributed by atoms with Gasteiger partial charge in [-0.3, -0.25) is 4.79 Å². The van der Waals surface area contributed by atoms with E-state index in [9.17, 15) is 9.59 Å². The number of hydrogen-bond donors (Lipinski definition) is 1. The largest absolute Gasteiger partial charge is 0.458 e. The summed E-state index contributed by atoms with van der Waals surface area (Å²) >= 11 is 0. The molecule has 118 valence electrons. The van der Waals surface area contributed by atoms with Gasteiger partial charge in [0.05, 0.1) is 6.10 Å². The van der Waals surface area contributed by atoms with Gasteiger partial charge in [0, 0.05) is 0 Å². The normalized spacial score (nSPS) is 13.4. The van der Waals surface area contributed by atoms with Gasteiger partial charge >= 0.3 is 5.97 Å². The maximum absolute atomic E-state index is 12.1. The van der Waals surface area contributed by atoms with Crippen molar-refractivity contribution in [3.05, 3.63) is 0 Å². The van der Waals surface area contributed by atoms with E-state index in [0.717, 1.165) is 0 Å². The predicted molar refractivity (Wildman–Crippen MR) is 78.3 cm³/mol. The molecule has 5 heteroatoms. The number of esters is 1. The Morgan fingerprint density at radius 1 is 1.10 bits per heavy atom. The number of carbonyl (C=O) groups excluding carboxylic acids is 2. The van der Waals surface area contributed by atoms with E-state index in [1.54, 1.807) is 20.8 Å². The summed E-state index contributed by atoms with van der Waals surface area (Å²) in [7, 11) is 0. The van der Waals surface area contributed by atoms with Gasteiger partial charge in [0.15, 0.2) is 0 Å². The first-order chi connectivity index (χ1) is 9.01. The highest BCUT2D eigenvalue weighted by atomic mass is 16.6. The lowest BCUT2D eigenvalue weighted by molar-refractivity contribution is -0.159. The zero-order chi connectivity index (χ0) is 15.9. The summed E-state index contributed by atoms with van der Waals surface area (Å²) in [6.07, 6.45) is 0.522. The van der Waals surface area contributed by atoms with Crippen molar-refractivity contribution < 1.29 is 19.1 Å². The van der Waals surface area contributed by atoms with Gasteiger partial charge in [0.2, 0.25) is 5.91 Å². The van der Waals surface area contributed by atoms with E-state index in [1.807, 2.05) is 27.7 Å². The predicted octanol–water partition coefficient (Wildman–Crippen LogP) is 2.28. The second-order valence-electron chi connectivity index (χ2n) is 6.64. The Morgan fingerprint density at radius 2 is 1.65 bits per heavy atom. The first-order valence-corrected chi connectivity index (χ1v) is 7.15. The monoisotopic (exact) mass is 287 g/mol. The third-order valence-electron chi connectivity index (χ3n) is 2.28. The highest BCUT2D eigenvalue weighted by molar-refractivity contribution is 5.85. The van der Waals surface area contributed by atoms with E-state index >= 15 is 0 Å². The second-order valence-corrected chi connectivity index (χ2v) is 6.64. The lowest BCUT2D eigenvalue weighted by Gasteiger charge is -2.25. The maximum Gasteiger partial charge on any atom is 0.329 e. The molecule has 0 aliphatic heterocycles. The topological polar surface area (TPSA) is 64.6 Å². The van der Waals surface area contributed by atoms with Gasteiger partial charge in [-0.05, 0) is 47.0 Å². The lowest BCUT2D eigenvalue weighted by Crippen LogP contribution is -2.46. The fraction of sp³-hybridized carbons (Fsp3) is 0.867. The van der Waals surface area contributed by atoms with Crippen LogP contribution in [0.3, 0.4) is 0 Å². The molecule has 0 saturated heterocycles. The summed E-state index contributed by atoms with van der Waals surface area (Å²) in [4.78, 5) is 23.9. The van der Waals surface area contributed by atoms with Gasteiger partial charge < -0.3 is 14.8 Å². The van der Waals surface area contributed by atoms with Gasteiger partial charge in [-0.15, -0.1) is 0 Å². The Balaban J connectivity index is 4.56. The molecular formula is C15H29NO4. The number of ether oxygens (including phenoxy) is 2. The van der Waals surface area contributed by atoms with Crippen LogP contribution in [0.15, 0.2) is 0 Å². The molecule has 0 radical (unpaired) electrons. The molecule has 0 aromatic heterocycles. The molecule has 0 fully saturated rings. The van der Waals surface area contributed by atoms with E-state index in [-0.39, 0.29) is 24.5 Å². The van der Waals surface area contributed by atoms with Crippen LogP contribution < -0.4 is 5.32 Å². The zero-order valence-corrected chi connectivity index (χ0v) is 13.8. The molecule has 20 heavy (non-hydrogen) atoms. The van der Waals surface area contributed by atoms with E-state index in [1.165, 1.54) is 0 Å². The number of hydrogen-bond acceptors (Lipinski definition) is 4. The van der Waals surface area contributed by atoms with Crippen LogP contribution in [0.1, 0.15) is 54.9 Å². The van der Waals surface area contributed by atoms with Crippen LogP contribution in [-0.4, -0.2) is 36.2 Å². The van der Waals surface area contributed by atoms with Gasteiger partial charge in [-0.2, -0.15) is 0 Å². The highest BCUT2D eigenvalue weighted by Gasteiger charge is 2.27. The molecule has 5 nitrogen and oxygen atoms in total. The second kappa shape index (κ2) is 8.25. The summed E-state index contributed by atoms with van der Waals surface area (Å²) in [6.45, 7) is 13.1. The van der Waals surface area contributed by atoms with E-state index in [4.69, 9.17) is 9.47 Å². The van der Waals surface area contributed by atoms with Gasteiger partial charge in [0.1, 0.15) is 18.2 Å². The first-order valence-electron chi connectivity index (χ1n) is 7.15. The van der Waals surface area contributed by atoms with Crippen molar-refractivity contribution in [3.63, 3.8) is 0 Å². The van der Waals surface area contributed by atoms with Crippen LogP contribution in [0, 0.1) is 5.92 Å². The van der Waals surface area contributed by atoms with Crippen molar-refractivity contribution in [3.8, 4) is 0 Å². The molecule has 0 aliphatic rings. The molecule has 0 unspecified atom stereocenters. The van der Waals surface area contributed by atoms with E-state index < -0.39 is 17.6 Å². The SMILES string of the molecule is CC(C)C[C@@H](NC(=O)COC(C)C)C(=O)OC(C)(C)C. The fourth-order valence-electron chi connectivity index (χ4n) is 1.54. The van der Waals surface area contributed by atoms with Crippen molar-refractivity contribution in [1.82, 2.24) is 5.32 Å². The number of amides is 1. The third kappa shape index (κ3) is 9.78. The quantitative estimate of drug-likeness (QED) is 0.730. The molecule has 1 amide bonds. The zero-order valence-electron chi connectivity index (χ0n) is 13.8. The smallest absolute Gasteiger partial charge is 0.329 e. The van der Waals surface area contributed by atoms with Crippen LogP contribution in [0.5, 0.6) is 0 Å². The summed E-state index contributed by atoms with van der Waals surface area (Å²) in [5.41, 5.74) is -0.564. The number of rotatable bonds is 7. The minimum Gasteiger partial charge on any atom is -0.458 e. The Bertz CT molecular complexity index is 318. The third-order valence-corrected chi connectivity index (χ3v) is 2.28. The van der Waals surface area contributed by atoms with Crippen LogP contribution in [0.2, 0.25) is 0 Å². The molecule has 0 spiro atoms. The highest BCUT2D eigenvalue weighted by Crippen LogP contribution is 2.12. The summed E-state index contributed by atoms with van der Waals surface area (Å²) in [5, 5.41) is 2.69. The van der Waals surface area contributed by atoms with Crippen LogP contribution in [0.25, 0.3) is 0 Å². The minimum absolute atomic E-state index is 0.0224. The first kappa shape index (κ1) is 18.9. The molecule has 0 bridgehead atoms. The molecule has 0 aromatic carbocycles. The van der Waals surface area contributed by atoms with E-state index in [0.29, 0.717) is 6.42 Å². The Morgan fingerprint density at radius 3 is 2.05 bits per heavy atom. The van der Waals surface area contributed by atoms with Gasteiger partial charge in [0.25, 0.3) is 0 Å². The standard InChI is InChI=1S/C15H29NO4/c1-10(2)8-12(14(18)20-15(5,6)7)16-13(17)9-19-11(3)4/h10-12H,8-9H2,1-7H3,(H,16,17)/t12-/m1/s1. The van der Waals surface area contributed by atoms with Crippen molar-refractivity contribution in [2.45, 2.75) is 72.6 Å². The van der Waals surface area contributed by atoms with Crippen molar-refractivity contribution >= 4 is 11.9 Å².